The number of nitrogens with zero attached hydrogens (tertiary/aromatic N) is 1. The Morgan fingerprint density at radius 2 is 2.21 bits per heavy atom. The molecule has 0 unspecified atom stereocenters. The van der Waals surface area contributed by atoms with Gasteiger partial charge in [0.1, 0.15) is 0 Å². The maximum atomic E-state index is 8.99. The Morgan fingerprint density at radius 3 is 2.86 bits per heavy atom. The Balaban J connectivity index is 2.79. The predicted octanol–water partition coefficient (Wildman–Crippen LogP) is 3.03. The molecule has 2 aromatic rings. The Bertz CT molecular complexity index is 527. The first-order valence-corrected chi connectivity index (χ1v) is 5.58. The molecule has 4 heteroatoms. The smallest absolute Gasteiger partial charge is 0.0998 e. The van der Waals surface area contributed by atoms with Crippen LogP contribution < -0.4 is 0 Å². The van der Waals surface area contributed by atoms with E-state index in [1.54, 1.807) is 6.07 Å². The molecule has 0 saturated heterocycles. The summed E-state index contributed by atoms with van der Waals surface area (Å²) in [4.78, 5) is 0.884. The summed E-state index contributed by atoms with van der Waals surface area (Å²) in [5, 5.41) is 18.8. The Kier molecular flexibility index (Phi) is 2.55. The molecule has 2 nitrogen and oxygen atoms in total. The van der Waals surface area contributed by atoms with Crippen molar-refractivity contribution in [2.24, 2.45) is 0 Å². The van der Waals surface area contributed by atoms with E-state index < -0.39 is 0 Å². The molecule has 1 aromatic heterocycles. The van der Waals surface area contributed by atoms with Crippen molar-refractivity contribution in [2.45, 2.75) is 6.61 Å². The van der Waals surface area contributed by atoms with Crippen LogP contribution >= 0.6 is 27.3 Å². The zero-order valence-corrected chi connectivity index (χ0v) is 9.52. The lowest BCUT2D eigenvalue weighted by molar-refractivity contribution is 0.285. The van der Waals surface area contributed by atoms with Crippen LogP contribution in [0, 0.1) is 11.3 Å². The highest BCUT2D eigenvalue weighted by atomic mass is 79.9. The number of nitriles is 1. The summed E-state index contributed by atoms with van der Waals surface area (Å²) in [6.45, 7) is 0.0296. The van der Waals surface area contributed by atoms with E-state index in [-0.39, 0.29) is 6.61 Å². The molecule has 0 amide bonds. The molecule has 1 N–H and O–H groups in total. The summed E-state index contributed by atoms with van der Waals surface area (Å²) < 4.78 is 1.92. The molecule has 0 fully saturated rings. The lowest BCUT2D eigenvalue weighted by Crippen LogP contribution is -1.75. The SMILES string of the molecule is N#Cc1cc(Br)cc2sc(CO)cc12. The van der Waals surface area contributed by atoms with E-state index in [1.165, 1.54) is 11.3 Å². The molecule has 0 aliphatic heterocycles. The minimum atomic E-state index is 0.0296. The quantitative estimate of drug-likeness (QED) is 0.863. The van der Waals surface area contributed by atoms with Crippen molar-refractivity contribution in [3.05, 3.63) is 33.1 Å². The van der Waals surface area contributed by atoms with Crippen molar-refractivity contribution >= 4 is 37.4 Å². The second kappa shape index (κ2) is 3.70. The van der Waals surface area contributed by atoms with E-state index in [9.17, 15) is 0 Å². The number of thiophene rings is 1. The second-order valence-electron chi connectivity index (χ2n) is 2.85. The largest absolute Gasteiger partial charge is 0.391 e. The maximum absolute atomic E-state index is 8.99. The van der Waals surface area contributed by atoms with Gasteiger partial charge in [0.25, 0.3) is 0 Å². The molecular weight excluding hydrogens is 262 g/mol. The van der Waals surface area contributed by atoms with E-state index >= 15 is 0 Å². The van der Waals surface area contributed by atoms with Gasteiger partial charge in [0, 0.05) is 19.4 Å². The van der Waals surface area contributed by atoms with Gasteiger partial charge in [-0.25, -0.2) is 0 Å². The molecule has 70 valence electrons. The van der Waals surface area contributed by atoms with E-state index in [2.05, 4.69) is 22.0 Å². The summed E-state index contributed by atoms with van der Waals surface area (Å²) in [6, 6.07) is 7.76. The van der Waals surface area contributed by atoms with E-state index in [4.69, 9.17) is 10.4 Å². The van der Waals surface area contributed by atoms with Crippen molar-refractivity contribution in [2.75, 3.05) is 0 Å². The molecule has 0 aliphatic carbocycles. The van der Waals surface area contributed by atoms with Crippen LogP contribution in [-0.4, -0.2) is 5.11 Å². The molecule has 1 heterocycles. The molecule has 0 bridgehead atoms. The average Bonchev–Trinajstić information content (AvgIpc) is 2.59. The van der Waals surface area contributed by atoms with Crippen molar-refractivity contribution in [1.29, 1.82) is 5.26 Å². The van der Waals surface area contributed by atoms with Crippen molar-refractivity contribution in [3.8, 4) is 6.07 Å². The third-order valence-electron chi connectivity index (χ3n) is 1.93. The topological polar surface area (TPSA) is 44.0 Å². The summed E-state index contributed by atoms with van der Waals surface area (Å²) >= 11 is 4.86. The third kappa shape index (κ3) is 1.55. The maximum Gasteiger partial charge on any atom is 0.0998 e. The average molecular weight is 268 g/mol. The third-order valence-corrected chi connectivity index (χ3v) is 3.45. The number of rotatable bonds is 1. The molecular formula is C10H6BrNOS. The van der Waals surface area contributed by atoms with Gasteiger partial charge in [-0.05, 0) is 18.2 Å². The molecule has 2 rings (SSSR count). The van der Waals surface area contributed by atoms with Crippen LogP contribution in [0.2, 0.25) is 0 Å². The monoisotopic (exact) mass is 267 g/mol. The standard InChI is InChI=1S/C10H6BrNOS/c11-7-1-6(4-12)9-3-8(5-13)14-10(9)2-7/h1-3,13H,5H2. The van der Waals surface area contributed by atoms with Crippen molar-refractivity contribution in [3.63, 3.8) is 0 Å². The van der Waals surface area contributed by atoms with Gasteiger partial charge in [-0.15, -0.1) is 11.3 Å². The highest BCUT2D eigenvalue weighted by Gasteiger charge is 2.06. The van der Waals surface area contributed by atoms with Gasteiger partial charge in [0.2, 0.25) is 0 Å². The van der Waals surface area contributed by atoms with Crippen LogP contribution in [0.15, 0.2) is 22.7 Å². The number of hydrogen-bond acceptors (Lipinski definition) is 3. The number of halogens is 1. The summed E-state index contributed by atoms with van der Waals surface area (Å²) in [5.74, 6) is 0. The minimum Gasteiger partial charge on any atom is -0.391 e. The first-order chi connectivity index (χ1) is 6.74. The number of fused-ring (bicyclic) bond motifs is 1. The highest BCUT2D eigenvalue weighted by Crippen LogP contribution is 2.31. The molecule has 14 heavy (non-hydrogen) atoms. The Hall–Kier alpha value is -0.890. The lowest BCUT2D eigenvalue weighted by Gasteiger charge is -1.93. The zero-order valence-electron chi connectivity index (χ0n) is 7.12. The van der Waals surface area contributed by atoms with E-state index in [1.807, 2.05) is 12.1 Å². The predicted molar refractivity (Wildman–Crippen MR) is 60.2 cm³/mol. The number of aliphatic hydroxyl groups excluding tert-OH is 1. The van der Waals surface area contributed by atoms with Crippen LogP contribution in [0.1, 0.15) is 10.4 Å². The van der Waals surface area contributed by atoms with Gasteiger partial charge < -0.3 is 5.11 Å². The van der Waals surface area contributed by atoms with Crippen LogP contribution in [0.4, 0.5) is 0 Å². The van der Waals surface area contributed by atoms with E-state index in [0.717, 1.165) is 19.4 Å². The molecule has 0 aliphatic rings. The molecule has 0 spiro atoms. The fourth-order valence-electron chi connectivity index (χ4n) is 1.33. The summed E-state index contributed by atoms with van der Waals surface area (Å²) in [5.41, 5.74) is 0.644. The van der Waals surface area contributed by atoms with Crippen LogP contribution in [-0.2, 0) is 6.61 Å². The number of benzene rings is 1. The summed E-state index contributed by atoms with van der Waals surface area (Å²) in [7, 11) is 0. The van der Waals surface area contributed by atoms with Crippen LogP contribution in [0.5, 0.6) is 0 Å². The van der Waals surface area contributed by atoms with Crippen LogP contribution in [0.25, 0.3) is 10.1 Å². The number of aliphatic hydroxyl groups is 1. The number of hydrogen-bond donors (Lipinski definition) is 1. The van der Waals surface area contributed by atoms with Crippen LogP contribution in [0.3, 0.4) is 0 Å². The van der Waals surface area contributed by atoms with Gasteiger partial charge in [-0.2, -0.15) is 5.26 Å². The highest BCUT2D eigenvalue weighted by molar-refractivity contribution is 9.10. The second-order valence-corrected chi connectivity index (χ2v) is 4.93. The molecule has 1 aromatic carbocycles. The first-order valence-electron chi connectivity index (χ1n) is 3.97. The Labute approximate surface area is 93.5 Å². The van der Waals surface area contributed by atoms with Gasteiger partial charge in [0.15, 0.2) is 0 Å². The lowest BCUT2D eigenvalue weighted by atomic mass is 10.1. The molecule has 0 radical (unpaired) electrons. The van der Waals surface area contributed by atoms with Crippen molar-refractivity contribution < 1.29 is 5.11 Å². The normalized spacial score (nSPS) is 10.4. The zero-order chi connectivity index (χ0) is 10.1. The Morgan fingerprint density at radius 1 is 1.43 bits per heavy atom. The first kappa shape index (κ1) is 9.66. The minimum absolute atomic E-state index is 0.0296. The fraction of sp³-hybridized carbons (Fsp3) is 0.100. The van der Waals surface area contributed by atoms with E-state index in [0.29, 0.717) is 5.56 Å². The molecule has 0 atom stereocenters. The van der Waals surface area contributed by atoms with Gasteiger partial charge in [-0.3, -0.25) is 0 Å². The van der Waals surface area contributed by atoms with Gasteiger partial charge >= 0.3 is 0 Å². The van der Waals surface area contributed by atoms with Gasteiger partial charge in [0.05, 0.1) is 18.2 Å². The van der Waals surface area contributed by atoms with Gasteiger partial charge in [-0.1, -0.05) is 15.9 Å². The van der Waals surface area contributed by atoms with Crippen molar-refractivity contribution in [1.82, 2.24) is 0 Å². The molecule has 0 saturated carbocycles. The fourth-order valence-corrected chi connectivity index (χ4v) is 2.93. The summed E-state index contributed by atoms with van der Waals surface area (Å²) in [6.07, 6.45) is 0.